The van der Waals surface area contributed by atoms with Crippen LogP contribution >= 0.6 is 0 Å². The molecule has 0 aromatic carbocycles. The molecule has 0 radical (unpaired) electrons. The van der Waals surface area contributed by atoms with E-state index in [1.165, 1.54) is 8.96 Å². The van der Waals surface area contributed by atoms with Crippen molar-refractivity contribution in [2.24, 2.45) is 0 Å². The van der Waals surface area contributed by atoms with Gasteiger partial charge in [0.15, 0.2) is 0 Å². The first-order valence-electron chi connectivity index (χ1n) is 5.11. The van der Waals surface area contributed by atoms with Crippen LogP contribution in [0, 0.1) is 6.92 Å². The van der Waals surface area contributed by atoms with Crippen LogP contribution in [0.1, 0.15) is 5.69 Å². The molecular weight excluding hydrogens is 297 g/mol. The second-order valence-electron chi connectivity index (χ2n) is 5.97. The summed E-state index contributed by atoms with van der Waals surface area (Å²) < 4.78 is 7.08. The molecule has 0 aliphatic rings. The van der Waals surface area contributed by atoms with Gasteiger partial charge in [0.05, 0.1) is 0 Å². The molecular formula is C10H21NOSiSn. The summed E-state index contributed by atoms with van der Waals surface area (Å²) in [7, 11) is -1.34. The number of aryl methyl sites for hydroxylation is 1. The first kappa shape index (κ1) is 12.3. The predicted molar refractivity (Wildman–Crippen MR) is 67.2 cm³/mol. The Hall–Kier alpha value is 0.226. The zero-order chi connectivity index (χ0) is 11.1. The monoisotopic (exact) mass is 319 g/mol. The summed E-state index contributed by atoms with van der Waals surface area (Å²) in [5, 5.41) is 5.41. The summed E-state index contributed by atoms with van der Waals surface area (Å²) in [6.45, 7) is 9.07. The number of nitrogens with zero attached hydrogens (tertiary/aromatic N) is 1. The van der Waals surface area contributed by atoms with Crippen molar-refractivity contribution in [3.8, 4) is 0 Å². The van der Waals surface area contributed by atoms with Gasteiger partial charge in [0.2, 0.25) is 0 Å². The van der Waals surface area contributed by atoms with E-state index in [-0.39, 0.29) is 0 Å². The quantitative estimate of drug-likeness (QED) is 0.781. The Morgan fingerprint density at radius 2 is 1.64 bits per heavy atom. The van der Waals surface area contributed by atoms with E-state index >= 15 is 0 Å². The van der Waals surface area contributed by atoms with Gasteiger partial charge in [0, 0.05) is 0 Å². The molecule has 0 N–H and O–H groups in total. The molecule has 0 saturated heterocycles. The summed E-state index contributed by atoms with van der Waals surface area (Å²) in [5.74, 6) is 0. The van der Waals surface area contributed by atoms with Crippen LogP contribution in [-0.2, 0) is 0 Å². The zero-order valence-electron chi connectivity index (χ0n) is 10.4. The van der Waals surface area contributed by atoms with Crippen LogP contribution in [-0.4, -0.2) is 31.6 Å². The molecule has 1 aromatic rings. The van der Waals surface area contributed by atoms with Crippen LogP contribution in [0.15, 0.2) is 4.52 Å². The normalized spacial score (nSPS) is 13.4. The number of hydrogen-bond acceptors (Lipinski definition) is 2. The number of hydrogen-bond donors (Lipinski definition) is 0. The molecule has 4 heteroatoms. The molecule has 0 spiro atoms. The van der Waals surface area contributed by atoms with Gasteiger partial charge in [0.1, 0.15) is 0 Å². The summed E-state index contributed by atoms with van der Waals surface area (Å²) in [6.07, 6.45) is 0. The average Bonchev–Trinajstić information content (AvgIpc) is 2.27. The third kappa shape index (κ3) is 2.42. The number of rotatable bonds is 2. The van der Waals surface area contributed by atoms with Gasteiger partial charge in [-0.2, -0.15) is 0 Å². The van der Waals surface area contributed by atoms with Crippen LogP contribution in [0.5, 0.6) is 0 Å². The summed E-state index contributed by atoms with van der Waals surface area (Å²) >= 11 is -2.04. The zero-order valence-corrected chi connectivity index (χ0v) is 14.2. The molecule has 0 saturated carbocycles. The Balaban J connectivity index is 3.35. The molecule has 14 heavy (non-hydrogen) atoms. The third-order valence-corrected chi connectivity index (χ3v) is 10.7. The van der Waals surface area contributed by atoms with Gasteiger partial charge in [-0.25, -0.2) is 0 Å². The van der Waals surface area contributed by atoms with Crippen molar-refractivity contribution in [2.45, 2.75) is 41.4 Å². The van der Waals surface area contributed by atoms with Gasteiger partial charge in [-0.05, 0) is 0 Å². The molecule has 0 atom stereocenters. The molecule has 1 rings (SSSR count). The third-order valence-electron chi connectivity index (χ3n) is 2.29. The molecule has 2 nitrogen and oxygen atoms in total. The molecule has 0 aliphatic heterocycles. The van der Waals surface area contributed by atoms with Crippen molar-refractivity contribution >= 4 is 35.4 Å². The summed E-state index contributed by atoms with van der Waals surface area (Å²) in [5.41, 5.74) is 1.14. The molecule has 0 amide bonds. The van der Waals surface area contributed by atoms with E-state index < -0.39 is 26.5 Å². The first-order chi connectivity index (χ1) is 6.14. The van der Waals surface area contributed by atoms with Gasteiger partial charge in [-0.15, -0.1) is 0 Å². The van der Waals surface area contributed by atoms with Crippen LogP contribution in [0.25, 0.3) is 0 Å². The Bertz CT molecular complexity index is 333. The van der Waals surface area contributed by atoms with E-state index in [4.69, 9.17) is 4.52 Å². The maximum atomic E-state index is 5.55. The Morgan fingerprint density at radius 1 is 1.14 bits per heavy atom. The van der Waals surface area contributed by atoms with E-state index in [0.29, 0.717) is 0 Å². The topological polar surface area (TPSA) is 26.0 Å². The Morgan fingerprint density at radius 3 is 1.93 bits per heavy atom. The second kappa shape index (κ2) is 3.66. The van der Waals surface area contributed by atoms with Gasteiger partial charge in [-0.1, -0.05) is 0 Å². The van der Waals surface area contributed by atoms with Gasteiger partial charge < -0.3 is 0 Å². The molecule has 0 aliphatic carbocycles. The van der Waals surface area contributed by atoms with E-state index in [1.54, 1.807) is 0 Å². The maximum absolute atomic E-state index is 5.55. The van der Waals surface area contributed by atoms with Crippen molar-refractivity contribution < 1.29 is 4.52 Å². The van der Waals surface area contributed by atoms with Crippen molar-refractivity contribution in [1.82, 2.24) is 5.16 Å². The summed E-state index contributed by atoms with van der Waals surface area (Å²) in [4.78, 5) is 7.29. The molecule has 0 fully saturated rings. The van der Waals surface area contributed by atoms with Crippen LogP contribution in [0.2, 0.25) is 34.5 Å². The SMILES string of the molecule is Cc1noc([Si](C)(C)C)[c]1[Sn]([CH3])([CH3])[CH3]. The standard InChI is InChI=1S/C7H12NOSi.3CH3.Sn/c1-6-5-7(9-8-6)10(2,3)4;;;;/h1-4H3;3*1H3;. The van der Waals surface area contributed by atoms with E-state index in [9.17, 15) is 0 Å². The fourth-order valence-electron chi connectivity index (χ4n) is 1.76. The number of aromatic nitrogens is 1. The van der Waals surface area contributed by atoms with Crippen LogP contribution < -0.4 is 8.96 Å². The predicted octanol–water partition coefficient (Wildman–Crippen LogP) is 2.07. The van der Waals surface area contributed by atoms with E-state index in [1.807, 2.05) is 0 Å². The van der Waals surface area contributed by atoms with E-state index in [0.717, 1.165) is 5.69 Å². The minimum absolute atomic E-state index is 1.14. The van der Waals surface area contributed by atoms with Crippen LogP contribution in [0.3, 0.4) is 0 Å². The van der Waals surface area contributed by atoms with Crippen LogP contribution in [0.4, 0.5) is 0 Å². The molecule has 1 heterocycles. The molecule has 1 aromatic heterocycles. The summed E-state index contributed by atoms with van der Waals surface area (Å²) in [6, 6.07) is 0. The van der Waals surface area contributed by atoms with Gasteiger partial charge >= 0.3 is 92.2 Å². The average molecular weight is 318 g/mol. The van der Waals surface area contributed by atoms with Gasteiger partial charge in [0.25, 0.3) is 0 Å². The minimum atomic E-state index is -2.04. The van der Waals surface area contributed by atoms with Crippen molar-refractivity contribution in [3.63, 3.8) is 0 Å². The first-order valence-corrected chi connectivity index (χ1v) is 18.6. The second-order valence-corrected chi connectivity index (χ2v) is 25.2. The van der Waals surface area contributed by atoms with Crippen molar-refractivity contribution in [3.05, 3.63) is 5.69 Å². The van der Waals surface area contributed by atoms with Gasteiger partial charge in [-0.3, -0.25) is 0 Å². The van der Waals surface area contributed by atoms with Crippen molar-refractivity contribution in [2.75, 3.05) is 0 Å². The molecule has 0 unspecified atom stereocenters. The Kier molecular flexibility index (Phi) is 3.22. The van der Waals surface area contributed by atoms with Crippen molar-refractivity contribution in [1.29, 1.82) is 0 Å². The fourth-order valence-corrected chi connectivity index (χ4v) is 14.0. The Labute approximate surface area is 91.9 Å². The van der Waals surface area contributed by atoms with E-state index in [2.05, 4.69) is 46.5 Å². The fraction of sp³-hybridized carbons (Fsp3) is 0.700. The molecule has 80 valence electrons. The molecule has 0 bridgehead atoms.